The third kappa shape index (κ3) is 4.51. The van der Waals surface area contributed by atoms with Crippen molar-refractivity contribution in [2.45, 2.75) is 33.6 Å². The van der Waals surface area contributed by atoms with E-state index in [9.17, 15) is 4.79 Å². The maximum atomic E-state index is 12.9. The summed E-state index contributed by atoms with van der Waals surface area (Å²) in [4.78, 5) is 24.2. The summed E-state index contributed by atoms with van der Waals surface area (Å²) in [6, 6.07) is 14.4. The Morgan fingerprint density at radius 3 is 2.37 bits per heavy atom. The van der Waals surface area contributed by atoms with Crippen LogP contribution >= 0.6 is 0 Å². The van der Waals surface area contributed by atoms with Gasteiger partial charge in [0.2, 0.25) is 11.9 Å². The number of carbonyl (C=O) groups excluding carboxylic acids is 1. The molecular formula is C25H28N4O. The second-order valence-electron chi connectivity index (χ2n) is 8.23. The molecule has 1 aliphatic heterocycles. The van der Waals surface area contributed by atoms with Crippen LogP contribution in [-0.4, -0.2) is 29.0 Å². The third-order valence-electron chi connectivity index (χ3n) is 5.74. The Labute approximate surface area is 178 Å². The molecule has 3 aromatic rings. The largest absolute Gasteiger partial charge is 0.340 e. The fraction of sp³-hybridized carbons (Fsp3) is 0.320. The van der Waals surface area contributed by atoms with Crippen LogP contribution in [0.3, 0.4) is 0 Å². The fourth-order valence-corrected chi connectivity index (χ4v) is 3.94. The average molecular weight is 401 g/mol. The molecule has 0 spiro atoms. The minimum Gasteiger partial charge on any atom is -0.340 e. The van der Waals surface area contributed by atoms with E-state index in [-0.39, 0.29) is 11.8 Å². The average Bonchev–Trinajstić information content (AvgIpc) is 2.76. The van der Waals surface area contributed by atoms with E-state index in [0.29, 0.717) is 12.5 Å². The third-order valence-corrected chi connectivity index (χ3v) is 5.74. The Balaban J connectivity index is 1.43. The maximum absolute atomic E-state index is 12.9. The van der Waals surface area contributed by atoms with Gasteiger partial charge in [0.15, 0.2) is 0 Å². The quantitative estimate of drug-likeness (QED) is 0.675. The van der Waals surface area contributed by atoms with Crippen LogP contribution in [0.5, 0.6) is 0 Å². The fourth-order valence-electron chi connectivity index (χ4n) is 3.94. The molecule has 0 unspecified atom stereocenters. The topological polar surface area (TPSA) is 58.1 Å². The lowest BCUT2D eigenvalue weighted by Gasteiger charge is -2.32. The van der Waals surface area contributed by atoms with Crippen LogP contribution < -0.4 is 10.2 Å². The molecule has 0 bridgehead atoms. The van der Waals surface area contributed by atoms with E-state index in [4.69, 9.17) is 0 Å². The molecule has 5 nitrogen and oxygen atoms in total. The normalized spacial score (nSPS) is 16.4. The molecule has 1 N–H and O–H groups in total. The number of aromatic nitrogens is 2. The predicted octanol–water partition coefficient (Wildman–Crippen LogP) is 4.92. The molecule has 2 heterocycles. The Hall–Kier alpha value is -3.21. The Kier molecular flexibility index (Phi) is 5.79. The molecule has 1 fully saturated rings. The second kappa shape index (κ2) is 8.66. The number of hydrogen-bond acceptors (Lipinski definition) is 4. The Morgan fingerprint density at radius 2 is 1.67 bits per heavy atom. The highest BCUT2D eigenvalue weighted by molar-refractivity contribution is 5.93. The number of rotatable bonds is 4. The van der Waals surface area contributed by atoms with Crippen LogP contribution in [0.4, 0.5) is 11.6 Å². The maximum Gasteiger partial charge on any atom is 0.229 e. The molecule has 0 aliphatic carbocycles. The summed E-state index contributed by atoms with van der Waals surface area (Å²) in [6.45, 7) is 7.67. The number of nitrogens with one attached hydrogen (secondary N) is 1. The van der Waals surface area contributed by atoms with Crippen molar-refractivity contribution in [3.63, 3.8) is 0 Å². The smallest absolute Gasteiger partial charge is 0.229 e. The number of carbonyl (C=O) groups is 1. The monoisotopic (exact) mass is 400 g/mol. The van der Waals surface area contributed by atoms with Gasteiger partial charge in [0.1, 0.15) is 0 Å². The van der Waals surface area contributed by atoms with Crippen LogP contribution in [0, 0.1) is 26.7 Å². The van der Waals surface area contributed by atoms with Crippen molar-refractivity contribution in [2.75, 3.05) is 23.3 Å². The highest BCUT2D eigenvalue weighted by atomic mass is 16.1. The van der Waals surface area contributed by atoms with Gasteiger partial charge in [0.05, 0.1) is 5.92 Å². The van der Waals surface area contributed by atoms with Crippen molar-refractivity contribution < 1.29 is 4.79 Å². The van der Waals surface area contributed by atoms with Crippen molar-refractivity contribution in [3.8, 4) is 11.1 Å². The van der Waals surface area contributed by atoms with E-state index in [1.165, 1.54) is 11.1 Å². The van der Waals surface area contributed by atoms with Crippen molar-refractivity contribution >= 4 is 17.5 Å². The number of aryl methyl sites for hydroxylation is 3. The van der Waals surface area contributed by atoms with E-state index in [1.54, 1.807) is 0 Å². The summed E-state index contributed by atoms with van der Waals surface area (Å²) < 4.78 is 0. The zero-order chi connectivity index (χ0) is 21.1. The molecule has 0 radical (unpaired) electrons. The molecule has 4 rings (SSSR count). The van der Waals surface area contributed by atoms with E-state index in [1.807, 2.05) is 31.5 Å². The minimum atomic E-state index is -0.0696. The number of piperidine rings is 1. The molecule has 0 saturated carbocycles. The molecule has 1 aromatic heterocycles. The van der Waals surface area contributed by atoms with Crippen LogP contribution in [0.1, 0.15) is 29.5 Å². The Morgan fingerprint density at radius 1 is 0.967 bits per heavy atom. The molecule has 30 heavy (non-hydrogen) atoms. The Bertz CT molecular complexity index is 1030. The highest BCUT2D eigenvalue weighted by Crippen LogP contribution is 2.25. The van der Waals surface area contributed by atoms with Gasteiger partial charge in [0.25, 0.3) is 0 Å². The van der Waals surface area contributed by atoms with Gasteiger partial charge in [-0.25, -0.2) is 9.97 Å². The number of anilines is 2. The van der Waals surface area contributed by atoms with Gasteiger partial charge in [-0.3, -0.25) is 4.79 Å². The van der Waals surface area contributed by atoms with Crippen molar-refractivity contribution in [1.82, 2.24) is 9.97 Å². The lowest BCUT2D eigenvalue weighted by atomic mass is 9.97. The minimum absolute atomic E-state index is 0.0696. The van der Waals surface area contributed by atoms with Crippen molar-refractivity contribution in [1.29, 1.82) is 0 Å². The molecule has 1 saturated heterocycles. The first-order valence-corrected chi connectivity index (χ1v) is 10.5. The number of amides is 1. The van der Waals surface area contributed by atoms with E-state index in [0.717, 1.165) is 41.8 Å². The van der Waals surface area contributed by atoms with E-state index < -0.39 is 0 Å². The lowest BCUT2D eigenvalue weighted by Crippen LogP contribution is -2.41. The summed E-state index contributed by atoms with van der Waals surface area (Å²) in [6.07, 6.45) is 5.57. The molecule has 5 heteroatoms. The summed E-state index contributed by atoms with van der Waals surface area (Å²) in [7, 11) is 0. The van der Waals surface area contributed by atoms with Gasteiger partial charge < -0.3 is 10.2 Å². The van der Waals surface area contributed by atoms with Gasteiger partial charge in [-0.15, -0.1) is 0 Å². The summed E-state index contributed by atoms with van der Waals surface area (Å²) in [5.74, 6) is 0.692. The van der Waals surface area contributed by atoms with Crippen molar-refractivity contribution in [3.05, 3.63) is 71.5 Å². The van der Waals surface area contributed by atoms with Crippen LogP contribution in [-0.2, 0) is 4.79 Å². The molecule has 1 atom stereocenters. The van der Waals surface area contributed by atoms with Gasteiger partial charge in [0, 0.05) is 36.7 Å². The lowest BCUT2D eigenvalue weighted by molar-refractivity contribution is -0.120. The van der Waals surface area contributed by atoms with Gasteiger partial charge in [-0.2, -0.15) is 0 Å². The van der Waals surface area contributed by atoms with Gasteiger partial charge in [-0.05, 0) is 50.8 Å². The van der Waals surface area contributed by atoms with Crippen LogP contribution in [0.25, 0.3) is 11.1 Å². The number of benzene rings is 2. The zero-order valence-electron chi connectivity index (χ0n) is 17.9. The zero-order valence-corrected chi connectivity index (χ0v) is 17.9. The summed E-state index contributed by atoms with van der Waals surface area (Å²) >= 11 is 0. The number of nitrogens with zero attached hydrogens (tertiary/aromatic N) is 3. The molecule has 1 amide bonds. The molecule has 1 aliphatic rings. The predicted molar refractivity (Wildman–Crippen MR) is 122 cm³/mol. The van der Waals surface area contributed by atoms with Crippen LogP contribution in [0.2, 0.25) is 0 Å². The van der Waals surface area contributed by atoms with E-state index >= 15 is 0 Å². The van der Waals surface area contributed by atoms with Gasteiger partial charge in [-0.1, -0.05) is 47.5 Å². The van der Waals surface area contributed by atoms with E-state index in [2.05, 4.69) is 64.4 Å². The van der Waals surface area contributed by atoms with Gasteiger partial charge >= 0.3 is 0 Å². The summed E-state index contributed by atoms with van der Waals surface area (Å²) in [5.41, 5.74) is 6.51. The first-order chi connectivity index (χ1) is 14.5. The molecule has 154 valence electrons. The van der Waals surface area contributed by atoms with Crippen LogP contribution in [0.15, 0.2) is 54.9 Å². The number of hydrogen-bond donors (Lipinski definition) is 1. The van der Waals surface area contributed by atoms with Crippen molar-refractivity contribution in [2.24, 2.45) is 5.92 Å². The molecule has 2 aromatic carbocycles. The SMILES string of the molecule is Cc1ccc(-c2cnc(N3CCC[C@H](C(=O)Nc4ccc(C)cc4C)C3)nc2)cc1. The standard InChI is InChI=1S/C25H28N4O/c1-17-6-9-20(10-7-17)22-14-26-25(27-15-22)29-12-4-5-21(16-29)24(30)28-23-11-8-18(2)13-19(23)3/h6-11,13-15,21H,4-5,12,16H2,1-3H3,(H,28,30)/t21-/m0/s1. The highest BCUT2D eigenvalue weighted by Gasteiger charge is 2.27. The first kappa shape index (κ1) is 20.1. The first-order valence-electron chi connectivity index (χ1n) is 10.5. The molecular weight excluding hydrogens is 372 g/mol. The second-order valence-corrected chi connectivity index (χ2v) is 8.23. The summed E-state index contributed by atoms with van der Waals surface area (Å²) in [5, 5.41) is 3.11.